The molecule has 16 heavy (non-hydrogen) atoms. The molecule has 1 aromatic carbocycles. The number of benzene rings is 1. The molecular formula is C11H16BrO3P. The summed E-state index contributed by atoms with van der Waals surface area (Å²) in [5.41, 5.74) is 1.46. The van der Waals surface area contributed by atoms with Gasteiger partial charge in [0.25, 0.3) is 0 Å². The fourth-order valence-corrected chi connectivity index (χ4v) is 2.61. The maximum Gasteiger partial charge on any atom is 0.328 e. The van der Waals surface area contributed by atoms with Gasteiger partial charge in [-0.05, 0) is 17.0 Å². The number of hydrogen-bond donors (Lipinski definition) is 2. The Morgan fingerprint density at radius 3 is 2.12 bits per heavy atom. The standard InChI is InChI=1S/C11H16BrO3P/c1-8(9(2)16(13,14)15)11-5-3-10(7-12)4-6-11/h3-6,8-9H,7H2,1-2H3,(H2,13,14,15). The van der Waals surface area contributed by atoms with Crippen molar-refractivity contribution >= 4 is 23.5 Å². The molecule has 0 saturated carbocycles. The highest BCUT2D eigenvalue weighted by Gasteiger charge is 2.29. The lowest BCUT2D eigenvalue weighted by molar-refractivity contribution is 0.354. The van der Waals surface area contributed by atoms with Gasteiger partial charge in [0.2, 0.25) is 0 Å². The third kappa shape index (κ3) is 3.42. The molecule has 0 spiro atoms. The number of rotatable bonds is 4. The highest BCUT2D eigenvalue weighted by molar-refractivity contribution is 9.08. The minimum absolute atomic E-state index is 0.148. The number of halogens is 1. The minimum Gasteiger partial charge on any atom is -0.324 e. The average Bonchev–Trinajstić information content (AvgIpc) is 2.26. The van der Waals surface area contributed by atoms with Crippen LogP contribution in [-0.2, 0) is 9.90 Å². The van der Waals surface area contributed by atoms with Crippen LogP contribution >= 0.6 is 23.5 Å². The molecule has 0 amide bonds. The van der Waals surface area contributed by atoms with Crippen LogP contribution in [0, 0.1) is 0 Å². The van der Waals surface area contributed by atoms with E-state index in [0.717, 1.165) is 16.5 Å². The molecule has 0 aromatic heterocycles. The van der Waals surface area contributed by atoms with Crippen molar-refractivity contribution in [3.8, 4) is 0 Å². The lowest BCUT2D eigenvalue weighted by atomic mass is 9.97. The van der Waals surface area contributed by atoms with Crippen molar-refractivity contribution in [2.45, 2.75) is 30.8 Å². The molecule has 0 aliphatic rings. The SMILES string of the molecule is CC(c1ccc(CBr)cc1)C(C)P(=O)(O)O. The van der Waals surface area contributed by atoms with E-state index in [1.807, 2.05) is 31.2 Å². The van der Waals surface area contributed by atoms with E-state index in [0.29, 0.717) is 0 Å². The Balaban J connectivity index is 2.88. The lowest BCUT2D eigenvalue weighted by Crippen LogP contribution is -2.12. The topological polar surface area (TPSA) is 57.5 Å². The van der Waals surface area contributed by atoms with E-state index in [4.69, 9.17) is 9.79 Å². The molecule has 0 fully saturated rings. The first kappa shape index (κ1) is 13.9. The maximum atomic E-state index is 11.2. The van der Waals surface area contributed by atoms with Crippen molar-refractivity contribution in [3.05, 3.63) is 35.4 Å². The zero-order valence-electron chi connectivity index (χ0n) is 9.30. The van der Waals surface area contributed by atoms with E-state index in [1.54, 1.807) is 6.92 Å². The summed E-state index contributed by atoms with van der Waals surface area (Å²) in [6.45, 7) is 3.43. The van der Waals surface area contributed by atoms with Crippen LogP contribution in [-0.4, -0.2) is 15.4 Å². The highest BCUT2D eigenvalue weighted by Crippen LogP contribution is 2.47. The molecule has 2 unspecified atom stereocenters. The van der Waals surface area contributed by atoms with Crippen molar-refractivity contribution in [2.24, 2.45) is 0 Å². The summed E-state index contributed by atoms with van der Waals surface area (Å²) in [5, 5.41) is 0.787. The van der Waals surface area contributed by atoms with Gasteiger partial charge in [0, 0.05) is 5.33 Å². The van der Waals surface area contributed by atoms with Crippen molar-refractivity contribution in [2.75, 3.05) is 0 Å². The molecular weight excluding hydrogens is 291 g/mol. The zero-order valence-corrected chi connectivity index (χ0v) is 11.8. The smallest absolute Gasteiger partial charge is 0.324 e. The van der Waals surface area contributed by atoms with Gasteiger partial charge in [-0.15, -0.1) is 0 Å². The van der Waals surface area contributed by atoms with E-state index in [-0.39, 0.29) is 5.92 Å². The Labute approximate surface area is 104 Å². The molecule has 0 radical (unpaired) electrons. The first-order valence-electron chi connectivity index (χ1n) is 5.06. The van der Waals surface area contributed by atoms with Gasteiger partial charge >= 0.3 is 7.60 Å². The van der Waals surface area contributed by atoms with Crippen LogP contribution in [0.15, 0.2) is 24.3 Å². The summed E-state index contributed by atoms with van der Waals surface area (Å²) < 4.78 is 11.2. The highest BCUT2D eigenvalue weighted by atomic mass is 79.9. The summed E-state index contributed by atoms with van der Waals surface area (Å²) in [5.74, 6) is -0.148. The van der Waals surface area contributed by atoms with Crippen molar-refractivity contribution in [3.63, 3.8) is 0 Å². The maximum absolute atomic E-state index is 11.2. The second-order valence-corrected chi connectivity index (χ2v) is 6.55. The van der Waals surface area contributed by atoms with Gasteiger partial charge in [0.1, 0.15) is 0 Å². The fourth-order valence-electron chi connectivity index (χ4n) is 1.48. The Kier molecular flexibility index (Phi) is 4.74. The molecule has 3 nitrogen and oxygen atoms in total. The van der Waals surface area contributed by atoms with Crippen LogP contribution in [0.4, 0.5) is 0 Å². The van der Waals surface area contributed by atoms with Crippen LogP contribution in [0.25, 0.3) is 0 Å². The van der Waals surface area contributed by atoms with Crippen LogP contribution in [0.5, 0.6) is 0 Å². The Bertz CT molecular complexity index is 385. The molecule has 0 heterocycles. The van der Waals surface area contributed by atoms with E-state index in [2.05, 4.69) is 15.9 Å². The summed E-state index contributed by atoms with van der Waals surface area (Å²) in [6.07, 6.45) is 0. The van der Waals surface area contributed by atoms with E-state index in [1.165, 1.54) is 0 Å². The molecule has 5 heteroatoms. The molecule has 2 atom stereocenters. The van der Waals surface area contributed by atoms with Crippen LogP contribution in [0.3, 0.4) is 0 Å². The molecule has 90 valence electrons. The normalized spacial score (nSPS) is 15.8. The van der Waals surface area contributed by atoms with Gasteiger partial charge in [-0.2, -0.15) is 0 Å². The van der Waals surface area contributed by atoms with Crippen molar-refractivity contribution < 1.29 is 14.4 Å². The molecule has 0 saturated heterocycles. The largest absolute Gasteiger partial charge is 0.328 e. The van der Waals surface area contributed by atoms with Gasteiger partial charge in [0.15, 0.2) is 0 Å². The second-order valence-electron chi connectivity index (χ2n) is 3.99. The van der Waals surface area contributed by atoms with Gasteiger partial charge < -0.3 is 9.79 Å². The van der Waals surface area contributed by atoms with Gasteiger partial charge in [-0.1, -0.05) is 54.0 Å². The Morgan fingerprint density at radius 2 is 1.75 bits per heavy atom. The van der Waals surface area contributed by atoms with E-state index in [9.17, 15) is 4.57 Å². The van der Waals surface area contributed by atoms with Gasteiger partial charge in [-0.3, -0.25) is 4.57 Å². The van der Waals surface area contributed by atoms with Crippen LogP contribution in [0.1, 0.15) is 30.9 Å². The van der Waals surface area contributed by atoms with Crippen LogP contribution < -0.4 is 0 Å². The predicted octanol–water partition coefficient (Wildman–Crippen LogP) is 3.25. The Morgan fingerprint density at radius 1 is 1.25 bits per heavy atom. The molecule has 2 N–H and O–H groups in total. The first-order chi connectivity index (χ1) is 7.36. The first-order valence-corrected chi connectivity index (χ1v) is 7.86. The van der Waals surface area contributed by atoms with E-state index < -0.39 is 13.3 Å². The van der Waals surface area contributed by atoms with Crippen molar-refractivity contribution in [1.29, 1.82) is 0 Å². The predicted molar refractivity (Wildman–Crippen MR) is 69.0 cm³/mol. The molecule has 1 aromatic rings. The van der Waals surface area contributed by atoms with Gasteiger partial charge in [0.05, 0.1) is 5.66 Å². The molecule has 1 rings (SSSR count). The summed E-state index contributed by atoms with van der Waals surface area (Å²) in [6, 6.07) is 7.78. The third-order valence-electron chi connectivity index (χ3n) is 2.91. The van der Waals surface area contributed by atoms with Crippen LogP contribution in [0.2, 0.25) is 0 Å². The van der Waals surface area contributed by atoms with Gasteiger partial charge in [-0.25, -0.2) is 0 Å². The number of alkyl halides is 1. The average molecular weight is 307 g/mol. The molecule has 0 bridgehead atoms. The monoisotopic (exact) mass is 306 g/mol. The minimum atomic E-state index is -4.01. The number of hydrogen-bond acceptors (Lipinski definition) is 1. The fraction of sp³-hybridized carbons (Fsp3) is 0.455. The second kappa shape index (κ2) is 5.46. The summed E-state index contributed by atoms with van der Waals surface area (Å²) >= 11 is 3.36. The third-order valence-corrected chi connectivity index (χ3v) is 5.07. The summed E-state index contributed by atoms with van der Waals surface area (Å²) in [7, 11) is -4.01. The lowest BCUT2D eigenvalue weighted by Gasteiger charge is -2.21. The molecule has 0 aliphatic heterocycles. The quantitative estimate of drug-likeness (QED) is 0.663. The zero-order chi connectivity index (χ0) is 12.3. The van der Waals surface area contributed by atoms with E-state index >= 15 is 0 Å². The Hall–Kier alpha value is -0.150. The molecule has 0 aliphatic carbocycles. The summed E-state index contributed by atoms with van der Waals surface area (Å²) in [4.78, 5) is 18.2. The van der Waals surface area contributed by atoms with Crippen molar-refractivity contribution in [1.82, 2.24) is 0 Å².